The van der Waals surface area contributed by atoms with Gasteiger partial charge in [-0.15, -0.1) is 0 Å². The topological polar surface area (TPSA) is 79.0 Å². The van der Waals surface area contributed by atoms with E-state index < -0.39 is 0 Å². The van der Waals surface area contributed by atoms with Crippen LogP contribution in [0.4, 0.5) is 11.4 Å². The number of hydrogen-bond donors (Lipinski definition) is 2. The standard InChI is InChI=1S/C15H21N3O3/c1-21-14-6-10-2-5-18(13(10)7-12(14)16)15(20)9-17-4-3-11(19)8-17/h6-7,11,19H,2-5,8-9,16H2,1H3. The molecule has 0 bridgehead atoms. The molecule has 0 saturated carbocycles. The van der Waals surface area contributed by atoms with Crippen LogP contribution < -0.4 is 15.4 Å². The average Bonchev–Trinajstić information content (AvgIpc) is 3.03. The van der Waals surface area contributed by atoms with Gasteiger partial charge in [0.1, 0.15) is 5.75 Å². The van der Waals surface area contributed by atoms with E-state index in [0.29, 0.717) is 31.1 Å². The number of hydrogen-bond acceptors (Lipinski definition) is 5. The number of aliphatic hydroxyl groups is 1. The van der Waals surface area contributed by atoms with Gasteiger partial charge in [0.05, 0.1) is 25.4 Å². The number of likely N-dealkylation sites (tertiary alicyclic amines) is 1. The third kappa shape index (κ3) is 2.69. The summed E-state index contributed by atoms with van der Waals surface area (Å²) in [5, 5.41) is 9.53. The molecule has 2 aliphatic rings. The third-order valence-corrected chi connectivity index (χ3v) is 4.23. The molecule has 0 aromatic heterocycles. The molecule has 2 heterocycles. The zero-order valence-corrected chi connectivity index (χ0v) is 12.2. The van der Waals surface area contributed by atoms with E-state index in [2.05, 4.69) is 0 Å². The van der Waals surface area contributed by atoms with Crippen molar-refractivity contribution < 1.29 is 14.6 Å². The minimum absolute atomic E-state index is 0.0624. The van der Waals surface area contributed by atoms with E-state index in [-0.39, 0.29) is 12.0 Å². The highest BCUT2D eigenvalue weighted by atomic mass is 16.5. The fourth-order valence-corrected chi connectivity index (χ4v) is 3.10. The molecular formula is C15H21N3O3. The second kappa shape index (κ2) is 5.54. The minimum Gasteiger partial charge on any atom is -0.495 e. The molecule has 21 heavy (non-hydrogen) atoms. The number of β-amino-alcohol motifs (C(OH)–C–C–N with tert-alkyl or cyclic N) is 1. The Labute approximate surface area is 124 Å². The normalized spacial score (nSPS) is 21.6. The van der Waals surface area contributed by atoms with Gasteiger partial charge in [0, 0.05) is 25.3 Å². The van der Waals surface area contributed by atoms with Crippen molar-refractivity contribution in [2.75, 3.05) is 43.9 Å². The molecule has 1 aromatic carbocycles. The van der Waals surface area contributed by atoms with Gasteiger partial charge < -0.3 is 20.5 Å². The molecule has 2 aliphatic heterocycles. The van der Waals surface area contributed by atoms with Gasteiger partial charge in [0.2, 0.25) is 5.91 Å². The maximum atomic E-state index is 12.5. The number of amides is 1. The lowest BCUT2D eigenvalue weighted by Gasteiger charge is -2.22. The van der Waals surface area contributed by atoms with Gasteiger partial charge in [-0.1, -0.05) is 0 Å². The number of fused-ring (bicyclic) bond motifs is 1. The zero-order chi connectivity index (χ0) is 15.0. The molecule has 0 spiro atoms. The Morgan fingerprint density at radius 2 is 2.29 bits per heavy atom. The summed E-state index contributed by atoms with van der Waals surface area (Å²) in [5.41, 5.74) is 8.47. The molecule has 3 N–H and O–H groups in total. The van der Waals surface area contributed by atoms with Crippen LogP contribution >= 0.6 is 0 Å². The first kappa shape index (κ1) is 14.2. The molecule has 0 aliphatic carbocycles. The number of rotatable bonds is 3. The number of carbonyl (C=O) groups is 1. The van der Waals surface area contributed by atoms with Gasteiger partial charge in [-0.25, -0.2) is 0 Å². The van der Waals surface area contributed by atoms with Crippen LogP contribution in [0.1, 0.15) is 12.0 Å². The van der Waals surface area contributed by atoms with Crippen molar-refractivity contribution in [2.24, 2.45) is 0 Å². The van der Waals surface area contributed by atoms with Gasteiger partial charge in [0.15, 0.2) is 0 Å². The molecule has 1 atom stereocenters. The van der Waals surface area contributed by atoms with E-state index in [1.165, 1.54) is 0 Å². The van der Waals surface area contributed by atoms with Gasteiger partial charge >= 0.3 is 0 Å². The SMILES string of the molecule is COc1cc2c(cc1N)N(C(=O)CN1CCC(O)C1)CC2. The Balaban J connectivity index is 1.74. The predicted octanol–water partition coefficient (Wildman–Crippen LogP) is 0.233. The van der Waals surface area contributed by atoms with Gasteiger partial charge in [-0.2, -0.15) is 0 Å². The van der Waals surface area contributed by atoms with E-state index in [4.69, 9.17) is 10.5 Å². The number of ether oxygens (including phenoxy) is 1. The van der Waals surface area contributed by atoms with Crippen LogP contribution in [0.3, 0.4) is 0 Å². The lowest BCUT2D eigenvalue weighted by molar-refractivity contribution is -0.119. The lowest BCUT2D eigenvalue weighted by atomic mass is 10.1. The molecule has 6 heteroatoms. The van der Waals surface area contributed by atoms with Crippen LogP contribution in [0.2, 0.25) is 0 Å². The quantitative estimate of drug-likeness (QED) is 0.780. The first-order valence-corrected chi connectivity index (χ1v) is 7.25. The maximum absolute atomic E-state index is 12.5. The number of benzene rings is 1. The van der Waals surface area contributed by atoms with E-state index >= 15 is 0 Å². The Hall–Kier alpha value is -1.79. The number of nitrogens with two attached hydrogens (primary N) is 1. The zero-order valence-electron chi connectivity index (χ0n) is 12.2. The van der Waals surface area contributed by atoms with E-state index in [1.54, 1.807) is 12.0 Å². The highest BCUT2D eigenvalue weighted by Gasteiger charge is 2.29. The molecule has 1 unspecified atom stereocenters. The summed E-state index contributed by atoms with van der Waals surface area (Å²) < 4.78 is 5.22. The van der Waals surface area contributed by atoms with Crippen LogP contribution in [0.5, 0.6) is 5.75 Å². The number of anilines is 2. The first-order valence-electron chi connectivity index (χ1n) is 7.25. The van der Waals surface area contributed by atoms with Crippen molar-refractivity contribution in [3.05, 3.63) is 17.7 Å². The number of aliphatic hydroxyl groups excluding tert-OH is 1. The monoisotopic (exact) mass is 291 g/mol. The summed E-state index contributed by atoms with van der Waals surface area (Å²) in [6.07, 6.45) is 1.26. The van der Waals surface area contributed by atoms with Crippen LogP contribution in [0, 0.1) is 0 Å². The Kier molecular flexibility index (Phi) is 3.73. The van der Waals surface area contributed by atoms with Crippen molar-refractivity contribution in [2.45, 2.75) is 18.9 Å². The van der Waals surface area contributed by atoms with Crippen molar-refractivity contribution in [3.63, 3.8) is 0 Å². The van der Waals surface area contributed by atoms with Crippen molar-refractivity contribution in [3.8, 4) is 5.75 Å². The Morgan fingerprint density at radius 1 is 1.48 bits per heavy atom. The molecule has 0 radical (unpaired) electrons. The van der Waals surface area contributed by atoms with Gasteiger partial charge in [-0.05, 0) is 30.5 Å². The van der Waals surface area contributed by atoms with Gasteiger partial charge in [0.25, 0.3) is 0 Å². The summed E-state index contributed by atoms with van der Waals surface area (Å²) in [7, 11) is 1.59. The Morgan fingerprint density at radius 3 is 2.95 bits per heavy atom. The van der Waals surface area contributed by atoms with Crippen LogP contribution in [-0.2, 0) is 11.2 Å². The molecule has 6 nitrogen and oxygen atoms in total. The maximum Gasteiger partial charge on any atom is 0.241 e. The summed E-state index contributed by atoms with van der Waals surface area (Å²) >= 11 is 0. The summed E-state index contributed by atoms with van der Waals surface area (Å²) in [5.74, 6) is 0.720. The number of nitrogen functional groups attached to an aromatic ring is 1. The first-order chi connectivity index (χ1) is 10.1. The number of methoxy groups -OCH3 is 1. The third-order valence-electron chi connectivity index (χ3n) is 4.23. The second-order valence-electron chi connectivity index (χ2n) is 5.70. The van der Waals surface area contributed by atoms with Crippen LogP contribution in [0.15, 0.2) is 12.1 Å². The minimum atomic E-state index is -0.302. The van der Waals surface area contributed by atoms with E-state index in [0.717, 1.165) is 30.6 Å². The number of carbonyl (C=O) groups excluding carboxylic acids is 1. The lowest BCUT2D eigenvalue weighted by Crippen LogP contribution is -2.39. The molecule has 1 aromatic rings. The highest BCUT2D eigenvalue weighted by Crippen LogP contribution is 2.35. The van der Waals surface area contributed by atoms with E-state index in [1.807, 2.05) is 17.0 Å². The van der Waals surface area contributed by atoms with Crippen LogP contribution in [0.25, 0.3) is 0 Å². The predicted molar refractivity (Wildman–Crippen MR) is 80.5 cm³/mol. The fraction of sp³-hybridized carbons (Fsp3) is 0.533. The van der Waals surface area contributed by atoms with Crippen molar-refractivity contribution in [1.82, 2.24) is 4.90 Å². The summed E-state index contributed by atoms with van der Waals surface area (Å²) in [6.45, 7) is 2.38. The molecule has 1 amide bonds. The Bertz CT molecular complexity index is 561. The smallest absolute Gasteiger partial charge is 0.241 e. The largest absolute Gasteiger partial charge is 0.495 e. The molecule has 1 saturated heterocycles. The summed E-state index contributed by atoms with van der Waals surface area (Å²) in [4.78, 5) is 16.3. The highest BCUT2D eigenvalue weighted by molar-refractivity contribution is 5.97. The molecule has 1 fully saturated rings. The van der Waals surface area contributed by atoms with Gasteiger partial charge in [-0.3, -0.25) is 9.69 Å². The number of nitrogens with zero attached hydrogens (tertiary/aromatic N) is 2. The molecule has 114 valence electrons. The van der Waals surface area contributed by atoms with E-state index in [9.17, 15) is 9.90 Å². The average molecular weight is 291 g/mol. The fourth-order valence-electron chi connectivity index (χ4n) is 3.10. The van der Waals surface area contributed by atoms with Crippen molar-refractivity contribution in [1.29, 1.82) is 0 Å². The van der Waals surface area contributed by atoms with Crippen molar-refractivity contribution >= 4 is 17.3 Å². The molecule has 3 rings (SSSR count). The second-order valence-corrected chi connectivity index (χ2v) is 5.70. The summed E-state index contributed by atoms with van der Waals surface area (Å²) in [6, 6.07) is 3.73. The van der Waals surface area contributed by atoms with Crippen LogP contribution in [-0.4, -0.2) is 55.3 Å². The molecular weight excluding hydrogens is 270 g/mol.